The van der Waals surface area contributed by atoms with Crippen LogP contribution in [0.25, 0.3) is 0 Å². The molecular formula is C28H24F7N3O5. The predicted molar refractivity (Wildman–Crippen MR) is 138 cm³/mol. The maximum Gasteiger partial charge on any atom is 0.573 e. The lowest BCUT2D eigenvalue weighted by Crippen LogP contribution is -2.38. The molecule has 1 aliphatic heterocycles. The zero-order valence-electron chi connectivity index (χ0n) is 22.6. The van der Waals surface area contributed by atoms with Crippen LogP contribution < -0.4 is 25.2 Å². The van der Waals surface area contributed by atoms with Gasteiger partial charge in [0.05, 0.1) is 19.6 Å². The molecule has 2 atom stereocenters. The van der Waals surface area contributed by atoms with Crippen LogP contribution in [0.15, 0.2) is 53.5 Å². The number of rotatable bonds is 9. The SMILES string of the molecule is COc1cc(F)c([C@@H]2CN(c3c(C)ccn(CC(F)F)c3=O)C(=O)C2CNC(=O)c2ccc(OC(F)(F)F)cc2)c(F)c1. The summed E-state index contributed by atoms with van der Waals surface area (Å²) in [6.07, 6.45) is -6.69. The Labute approximate surface area is 239 Å². The van der Waals surface area contributed by atoms with Gasteiger partial charge in [0, 0.05) is 48.5 Å². The fourth-order valence-corrected chi connectivity index (χ4v) is 4.93. The van der Waals surface area contributed by atoms with Gasteiger partial charge in [-0.25, -0.2) is 17.6 Å². The normalized spacial score (nSPS) is 17.0. The summed E-state index contributed by atoms with van der Waals surface area (Å²) in [5.74, 6) is -7.08. The van der Waals surface area contributed by atoms with Crippen LogP contribution >= 0.6 is 0 Å². The Balaban J connectivity index is 1.67. The summed E-state index contributed by atoms with van der Waals surface area (Å²) >= 11 is 0. The van der Waals surface area contributed by atoms with Crippen LogP contribution in [0.3, 0.4) is 0 Å². The van der Waals surface area contributed by atoms with Crippen molar-refractivity contribution >= 4 is 17.5 Å². The molecular weight excluding hydrogens is 591 g/mol. The molecule has 8 nitrogen and oxygen atoms in total. The first-order chi connectivity index (χ1) is 20.2. The van der Waals surface area contributed by atoms with Crippen LogP contribution in [-0.4, -0.2) is 49.4 Å². The third-order valence-corrected chi connectivity index (χ3v) is 6.89. The van der Waals surface area contributed by atoms with Gasteiger partial charge in [-0.2, -0.15) is 0 Å². The van der Waals surface area contributed by atoms with Gasteiger partial charge < -0.3 is 24.3 Å². The van der Waals surface area contributed by atoms with Crippen molar-refractivity contribution in [3.05, 3.63) is 87.3 Å². The van der Waals surface area contributed by atoms with Crippen LogP contribution in [0, 0.1) is 24.5 Å². The quantitative estimate of drug-likeness (QED) is 0.350. The van der Waals surface area contributed by atoms with Gasteiger partial charge >= 0.3 is 6.36 Å². The molecule has 0 radical (unpaired) electrons. The zero-order chi connectivity index (χ0) is 31.6. The lowest BCUT2D eigenvalue weighted by molar-refractivity contribution is -0.274. The standard InChI is InChI=1S/C28H24F7N3O5/c1-14-7-8-37(13-22(31)32)27(41)24(14)38-12-19(23-20(29)9-17(42-2)10-21(23)30)18(26(38)40)11-36-25(39)15-3-5-16(6-4-15)43-28(33,34)35/h3-10,18-19,22H,11-13H2,1-2H3,(H,36,39)/t18?,19-/m1/s1. The maximum atomic E-state index is 15.2. The molecule has 0 aliphatic carbocycles. The first kappa shape index (κ1) is 31.4. The highest BCUT2D eigenvalue weighted by molar-refractivity contribution is 6.00. The number of pyridine rings is 1. The summed E-state index contributed by atoms with van der Waals surface area (Å²) in [5, 5.41) is 2.44. The molecule has 0 spiro atoms. The van der Waals surface area contributed by atoms with Crippen molar-refractivity contribution in [3.63, 3.8) is 0 Å². The van der Waals surface area contributed by atoms with E-state index in [2.05, 4.69) is 10.1 Å². The average Bonchev–Trinajstić information content (AvgIpc) is 3.22. The van der Waals surface area contributed by atoms with Gasteiger partial charge in [-0.3, -0.25) is 14.4 Å². The largest absolute Gasteiger partial charge is 0.573 e. The average molecular weight is 616 g/mol. The van der Waals surface area contributed by atoms with Crippen molar-refractivity contribution < 1.29 is 49.8 Å². The molecule has 1 saturated heterocycles. The van der Waals surface area contributed by atoms with Gasteiger partial charge in [-0.05, 0) is 42.8 Å². The fourth-order valence-electron chi connectivity index (χ4n) is 4.93. The first-order valence-electron chi connectivity index (χ1n) is 12.7. The number of nitrogens with one attached hydrogen (secondary N) is 1. The highest BCUT2D eigenvalue weighted by Crippen LogP contribution is 2.39. The van der Waals surface area contributed by atoms with Crippen molar-refractivity contribution in [2.24, 2.45) is 5.92 Å². The second-order valence-electron chi connectivity index (χ2n) is 9.64. The summed E-state index contributed by atoms with van der Waals surface area (Å²) in [6.45, 7) is -0.424. The number of halogens is 7. The first-order valence-corrected chi connectivity index (χ1v) is 12.7. The van der Waals surface area contributed by atoms with E-state index in [1.807, 2.05) is 0 Å². The van der Waals surface area contributed by atoms with E-state index in [1.54, 1.807) is 0 Å². The van der Waals surface area contributed by atoms with E-state index in [9.17, 15) is 36.3 Å². The van der Waals surface area contributed by atoms with E-state index in [4.69, 9.17) is 4.74 Å². The second kappa shape index (κ2) is 12.4. The minimum atomic E-state index is -4.95. The molecule has 1 aromatic heterocycles. The summed E-state index contributed by atoms with van der Waals surface area (Å²) < 4.78 is 103. The Morgan fingerprint density at radius 1 is 1.05 bits per heavy atom. The van der Waals surface area contributed by atoms with Gasteiger partial charge in [-0.1, -0.05) is 0 Å². The topological polar surface area (TPSA) is 89.9 Å². The number of ether oxygens (including phenoxy) is 2. The van der Waals surface area contributed by atoms with Gasteiger partial charge in [0.25, 0.3) is 17.9 Å². The third kappa shape index (κ3) is 6.92. The number of hydrogen-bond acceptors (Lipinski definition) is 5. The number of methoxy groups -OCH3 is 1. The van der Waals surface area contributed by atoms with E-state index >= 15 is 8.78 Å². The molecule has 2 heterocycles. The highest BCUT2D eigenvalue weighted by atomic mass is 19.4. The van der Waals surface area contributed by atoms with Crippen LogP contribution in [0.1, 0.15) is 27.4 Å². The van der Waals surface area contributed by atoms with Gasteiger partial charge in [0.1, 0.15) is 28.8 Å². The Morgan fingerprint density at radius 2 is 1.67 bits per heavy atom. The predicted octanol–water partition coefficient (Wildman–Crippen LogP) is 4.78. The molecule has 1 unspecified atom stereocenters. The molecule has 3 aromatic rings. The Kier molecular flexibility index (Phi) is 9.01. The molecule has 4 rings (SSSR count). The van der Waals surface area contributed by atoms with E-state index in [1.165, 1.54) is 20.1 Å². The van der Waals surface area contributed by atoms with Gasteiger partial charge in [0.2, 0.25) is 5.91 Å². The smallest absolute Gasteiger partial charge is 0.497 e. The molecule has 1 aliphatic rings. The van der Waals surface area contributed by atoms with Crippen molar-refractivity contribution in [2.75, 3.05) is 25.1 Å². The van der Waals surface area contributed by atoms with Crippen LogP contribution in [0.2, 0.25) is 0 Å². The number of carbonyl (C=O) groups excluding carboxylic acids is 2. The van der Waals surface area contributed by atoms with Crippen molar-refractivity contribution in [3.8, 4) is 11.5 Å². The van der Waals surface area contributed by atoms with Crippen LogP contribution in [-0.2, 0) is 11.3 Å². The molecule has 230 valence electrons. The van der Waals surface area contributed by atoms with Crippen LogP contribution in [0.4, 0.5) is 36.4 Å². The summed E-state index contributed by atoms with van der Waals surface area (Å²) in [4.78, 5) is 40.5. The minimum absolute atomic E-state index is 0.107. The molecule has 0 saturated carbocycles. The van der Waals surface area contributed by atoms with E-state index in [0.29, 0.717) is 4.57 Å². The number of carbonyl (C=O) groups is 2. The molecule has 43 heavy (non-hydrogen) atoms. The number of benzene rings is 2. The summed E-state index contributed by atoms with van der Waals surface area (Å²) in [7, 11) is 1.19. The minimum Gasteiger partial charge on any atom is -0.497 e. The number of anilines is 1. The molecule has 1 N–H and O–H groups in total. The van der Waals surface area contributed by atoms with Crippen molar-refractivity contribution in [2.45, 2.75) is 32.2 Å². The third-order valence-electron chi connectivity index (χ3n) is 6.89. The number of hydrogen-bond donors (Lipinski definition) is 1. The van der Waals surface area contributed by atoms with Crippen molar-refractivity contribution in [1.82, 2.24) is 9.88 Å². The number of amides is 2. The number of aromatic nitrogens is 1. The lowest BCUT2D eigenvalue weighted by Gasteiger charge is -2.20. The molecule has 15 heteroatoms. The highest BCUT2D eigenvalue weighted by Gasteiger charge is 2.45. The van der Waals surface area contributed by atoms with E-state index in [-0.39, 0.29) is 22.6 Å². The molecule has 1 fully saturated rings. The fraction of sp³-hybridized carbons (Fsp3) is 0.321. The Hall–Kier alpha value is -4.56. The maximum absolute atomic E-state index is 15.2. The van der Waals surface area contributed by atoms with Crippen molar-refractivity contribution in [1.29, 1.82) is 0 Å². The van der Waals surface area contributed by atoms with Crippen LogP contribution in [0.5, 0.6) is 11.5 Å². The number of aryl methyl sites for hydroxylation is 1. The van der Waals surface area contributed by atoms with E-state index < -0.39 is 84.6 Å². The number of nitrogens with zero attached hydrogens (tertiary/aromatic N) is 2. The van der Waals surface area contributed by atoms with Gasteiger partial charge in [-0.15, -0.1) is 13.2 Å². The Morgan fingerprint density at radius 3 is 2.23 bits per heavy atom. The van der Waals surface area contributed by atoms with Gasteiger partial charge in [0.15, 0.2) is 0 Å². The number of alkyl halides is 5. The van der Waals surface area contributed by atoms with E-state index in [0.717, 1.165) is 47.5 Å². The molecule has 2 aromatic carbocycles. The molecule has 0 bridgehead atoms. The monoisotopic (exact) mass is 615 g/mol. The zero-order valence-corrected chi connectivity index (χ0v) is 22.6. The Bertz CT molecular complexity index is 1550. The summed E-state index contributed by atoms with van der Waals surface area (Å²) in [5.41, 5.74) is -1.57. The lowest BCUT2D eigenvalue weighted by atomic mass is 9.87. The second-order valence-corrected chi connectivity index (χ2v) is 9.64. The molecule has 2 amide bonds. The summed E-state index contributed by atoms with van der Waals surface area (Å²) in [6, 6.07) is 7.02.